The minimum absolute atomic E-state index is 0.249. The van der Waals surface area contributed by atoms with Crippen LogP contribution in [-0.4, -0.2) is 45.5 Å². The summed E-state index contributed by atoms with van der Waals surface area (Å²) in [5.41, 5.74) is 2.09. The quantitative estimate of drug-likeness (QED) is 0.865. The fraction of sp³-hybridized carbons (Fsp3) is 0.500. The van der Waals surface area contributed by atoms with Gasteiger partial charge >= 0.3 is 0 Å². The van der Waals surface area contributed by atoms with E-state index in [1.54, 1.807) is 13.3 Å². The van der Waals surface area contributed by atoms with E-state index in [0.717, 1.165) is 49.6 Å². The van der Waals surface area contributed by atoms with Crippen LogP contribution in [0.2, 0.25) is 0 Å². The van der Waals surface area contributed by atoms with Gasteiger partial charge in [-0.2, -0.15) is 0 Å². The Kier molecular flexibility index (Phi) is 3.75. The molecule has 4 rings (SSSR count). The smallest absolute Gasteiger partial charge is 0.226 e. The van der Waals surface area contributed by atoms with E-state index in [2.05, 4.69) is 21.5 Å². The van der Waals surface area contributed by atoms with Gasteiger partial charge in [0, 0.05) is 49.8 Å². The van der Waals surface area contributed by atoms with Crippen LogP contribution >= 0.6 is 0 Å². The molecule has 2 aromatic rings. The number of hydrogen-bond acceptors (Lipinski definition) is 4. The molecule has 0 aromatic carbocycles. The predicted octanol–water partition coefficient (Wildman–Crippen LogP) is 1.99. The van der Waals surface area contributed by atoms with E-state index in [9.17, 15) is 4.79 Å². The Bertz CT molecular complexity index is 770. The summed E-state index contributed by atoms with van der Waals surface area (Å²) in [6, 6.07) is 3.89. The Balaban J connectivity index is 1.56. The number of aromatic nitrogens is 3. The Morgan fingerprint density at radius 1 is 1.29 bits per heavy atom. The lowest BCUT2D eigenvalue weighted by Gasteiger charge is -2.20. The molecule has 1 saturated carbocycles. The van der Waals surface area contributed by atoms with Crippen LogP contribution in [0.4, 0.5) is 0 Å². The van der Waals surface area contributed by atoms with E-state index in [1.807, 2.05) is 23.2 Å². The summed E-state index contributed by atoms with van der Waals surface area (Å²) in [4.78, 5) is 23.3. The van der Waals surface area contributed by atoms with Gasteiger partial charge < -0.3 is 14.2 Å². The zero-order chi connectivity index (χ0) is 16.7. The van der Waals surface area contributed by atoms with Crippen molar-refractivity contribution < 1.29 is 9.53 Å². The summed E-state index contributed by atoms with van der Waals surface area (Å²) >= 11 is 0. The van der Waals surface area contributed by atoms with E-state index < -0.39 is 0 Å². The molecule has 0 spiro atoms. The molecule has 0 N–H and O–H groups in total. The highest BCUT2D eigenvalue weighted by Crippen LogP contribution is 2.39. The van der Waals surface area contributed by atoms with Gasteiger partial charge in [0.25, 0.3) is 0 Å². The second-order valence-electron chi connectivity index (χ2n) is 6.69. The fourth-order valence-corrected chi connectivity index (χ4v) is 3.46. The van der Waals surface area contributed by atoms with Crippen molar-refractivity contribution in [1.29, 1.82) is 0 Å². The summed E-state index contributed by atoms with van der Waals surface area (Å²) in [6.07, 6.45) is 5.50. The number of imidazole rings is 1. The average molecular weight is 326 g/mol. The van der Waals surface area contributed by atoms with Crippen LogP contribution in [0.1, 0.15) is 19.2 Å². The average Bonchev–Trinajstić information content (AvgIpc) is 3.27. The van der Waals surface area contributed by atoms with Crippen LogP contribution in [0, 0.1) is 11.8 Å². The highest BCUT2D eigenvalue weighted by atomic mass is 16.5. The molecule has 0 bridgehead atoms. The highest BCUT2D eigenvalue weighted by molar-refractivity contribution is 5.81. The normalized spacial score (nSPS) is 22.7. The minimum Gasteiger partial charge on any atom is -0.481 e. The number of methoxy groups -OCH3 is 1. The molecule has 1 aliphatic carbocycles. The first-order chi connectivity index (χ1) is 11.7. The maximum atomic E-state index is 12.5. The molecular formula is C18H22N4O2. The predicted molar refractivity (Wildman–Crippen MR) is 89.6 cm³/mol. The Labute approximate surface area is 141 Å². The second-order valence-corrected chi connectivity index (χ2v) is 6.69. The monoisotopic (exact) mass is 326 g/mol. The first kappa shape index (κ1) is 15.2. The lowest BCUT2D eigenvalue weighted by Crippen LogP contribution is -2.35. The SMILES string of the molecule is COc1cc(-c2cnc3n2CCN(C(=O)[C@@H]2C[C@@H]2C)CC3)ccn1. The molecule has 126 valence electrons. The Morgan fingerprint density at radius 3 is 2.88 bits per heavy atom. The van der Waals surface area contributed by atoms with Crippen molar-refractivity contribution in [1.82, 2.24) is 19.4 Å². The van der Waals surface area contributed by atoms with Gasteiger partial charge in [0.2, 0.25) is 11.8 Å². The van der Waals surface area contributed by atoms with Crippen molar-refractivity contribution in [3.05, 3.63) is 30.4 Å². The Hall–Kier alpha value is -2.37. The van der Waals surface area contributed by atoms with Crippen LogP contribution in [0.15, 0.2) is 24.5 Å². The zero-order valence-corrected chi connectivity index (χ0v) is 14.1. The molecule has 2 aromatic heterocycles. The maximum Gasteiger partial charge on any atom is 0.226 e. The van der Waals surface area contributed by atoms with Crippen molar-refractivity contribution in [2.75, 3.05) is 20.2 Å². The Morgan fingerprint density at radius 2 is 2.12 bits per heavy atom. The van der Waals surface area contributed by atoms with Gasteiger partial charge in [0.1, 0.15) is 5.82 Å². The van der Waals surface area contributed by atoms with E-state index in [-0.39, 0.29) is 5.92 Å². The highest BCUT2D eigenvalue weighted by Gasteiger charge is 2.41. The molecule has 2 atom stereocenters. The molecular weight excluding hydrogens is 304 g/mol. The molecule has 1 amide bonds. The van der Waals surface area contributed by atoms with Crippen LogP contribution in [0.5, 0.6) is 5.88 Å². The number of pyridine rings is 1. The van der Waals surface area contributed by atoms with E-state index >= 15 is 0 Å². The first-order valence-electron chi connectivity index (χ1n) is 8.51. The second kappa shape index (κ2) is 5.92. The molecule has 0 radical (unpaired) electrons. The molecule has 0 unspecified atom stereocenters. The zero-order valence-electron chi connectivity index (χ0n) is 14.1. The third-order valence-electron chi connectivity index (χ3n) is 5.12. The van der Waals surface area contributed by atoms with Crippen LogP contribution in [-0.2, 0) is 17.8 Å². The number of ether oxygens (including phenoxy) is 1. The maximum absolute atomic E-state index is 12.5. The topological polar surface area (TPSA) is 60.2 Å². The number of rotatable bonds is 3. The molecule has 6 nitrogen and oxygen atoms in total. The van der Waals surface area contributed by atoms with E-state index in [1.165, 1.54) is 0 Å². The molecule has 2 aliphatic rings. The van der Waals surface area contributed by atoms with Crippen molar-refractivity contribution in [2.24, 2.45) is 11.8 Å². The van der Waals surface area contributed by atoms with Gasteiger partial charge in [0.05, 0.1) is 19.0 Å². The number of nitrogens with zero attached hydrogens (tertiary/aromatic N) is 4. The van der Waals surface area contributed by atoms with Gasteiger partial charge in [-0.25, -0.2) is 9.97 Å². The molecule has 0 saturated heterocycles. The third kappa shape index (κ3) is 2.66. The molecule has 24 heavy (non-hydrogen) atoms. The van der Waals surface area contributed by atoms with Crippen LogP contribution < -0.4 is 4.74 Å². The van der Waals surface area contributed by atoms with Crippen LogP contribution in [0.3, 0.4) is 0 Å². The summed E-state index contributed by atoms with van der Waals surface area (Å²) in [5.74, 6) is 2.76. The summed E-state index contributed by atoms with van der Waals surface area (Å²) in [7, 11) is 1.62. The van der Waals surface area contributed by atoms with Gasteiger partial charge in [-0.3, -0.25) is 4.79 Å². The van der Waals surface area contributed by atoms with Gasteiger partial charge in [-0.1, -0.05) is 6.92 Å². The van der Waals surface area contributed by atoms with Gasteiger partial charge in [0.15, 0.2) is 0 Å². The van der Waals surface area contributed by atoms with Crippen molar-refractivity contribution >= 4 is 5.91 Å². The lowest BCUT2D eigenvalue weighted by molar-refractivity contribution is -0.132. The van der Waals surface area contributed by atoms with Gasteiger partial charge in [-0.15, -0.1) is 0 Å². The van der Waals surface area contributed by atoms with E-state index in [4.69, 9.17) is 4.74 Å². The molecule has 6 heteroatoms. The van der Waals surface area contributed by atoms with Crippen molar-refractivity contribution in [2.45, 2.75) is 26.3 Å². The minimum atomic E-state index is 0.249. The summed E-state index contributed by atoms with van der Waals surface area (Å²) in [6.45, 7) is 4.45. The third-order valence-corrected chi connectivity index (χ3v) is 5.12. The van der Waals surface area contributed by atoms with Crippen LogP contribution in [0.25, 0.3) is 11.3 Å². The number of carbonyl (C=O) groups is 1. The number of fused-ring (bicyclic) bond motifs is 1. The summed E-state index contributed by atoms with van der Waals surface area (Å²) in [5, 5.41) is 0. The number of hydrogen-bond donors (Lipinski definition) is 0. The summed E-state index contributed by atoms with van der Waals surface area (Å²) < 4.78 is 7.44. The lowest BCUT2D eigenvalue weighted by atomic mass is 10.2. The van der Waals surface area contributed by atoms with E-state index in [0.29, 0.717) is 17.7 Å². The van der Waals surface area contributed by atoms with Crippen molar-refractivity contribution in [3.8, 4) is 17.1 Å². The number of carbonyl (C=O) groups excluding carboxylic acids is 1. The first-order valence-corrected chi connectivity index (χ1v) is 8.51. The largest absolute Gasteiger partial charge is 0.481 e. The van der Waals surface area contributed by atoms with Gasteiger partial charge in [-0.05, 0) is 18.4 Å². The van der Waals surface area contributed by atoms with Crippen molar-refractivity contribution in [3.63, 3.8) is 0 Å². The molecule has 1 aliphatic heterocycles. The molecule has 3 heterocycles. The molecule has 1 fully saturated rings. The standard InChI is InChI=1S/C18H22N4O2/c1-12-9-14(12)18(23)21-6-4-16-20-11-15(22(16)8-7-21)13-3-5-19-17(10-13)24-2/h3,5,10-12,14H,4,6-9H2,1-2H3/t12-,14+/m0/s1. The number of amides is 1. The fourth-order valence-electron chi connectivity index (χ4n) is 3.46.